The average molecular weight is 434 g/mol. The van der Waals surface area contributed by atoms with E-state index in [9.17, 15) is 28.7 Å². The maximum atomic E-state index is 13.5. The second kappa shape index (κ2) is 7.40. The van der Waals surface area contributed by atoms with Crippen LogP contribution in [0.1, 0.15) is 25.7 Å². The Kier molecular flexibility index (Phi) is 4.98. The van der Waals surface area contributed by atoms with E-state index in [4.69, 9.17) is 10.5 Å². The molecule has 4 amide bonds. The number of nitrogens with one attached hydrogen (secondary N) is 1. The highest BCUT2D eigenvalue weighted by molar-refractivity contribution is 6.03. The quantitative estimate of drug-likeness (QED) is 0.625. The average Bonchev–Trinajstić information content (AvgIpc) is 3.45. The number of nitrogens with zero attached hydrogens (tertiary/aromatic N) is 2. The molecule has 1 spiro atoms. The number of amides is 4. The Hall–Kier alpha value is -3.37. The highest BCUT2D eigenvalue weighted by Gasteiger charge is 2.57. The lowest BCUT2D eigenvalue weighted by Crippen LogP contribution is -2.55. The molecular weight excluding hydrogens is 411 g/mol. The number of anilines is 1. The molecule has 0 aromatic heterocycles. The van der Waals surface area contributed by atoms with Crippen LogP contribution in [-0.2, 0) is 14.4 Å². The zero-order valence-electron chi connectivity index (χ0n) is 16.8. The second-order valence-corrected chi connectivity index (χ2v) is 8.37. The summed E-state index contributed by atoms with van der Waals surface area (Å²) in [5, 5.41) is 12.0. The van der Waals surface area contributed by atoms with Gasteiger partial charge >= 0.3 is 6.09 Å². The van der Waals surface area contributed by atoms with E-state index in [-0.39, 0.29) is 30.3 Å². The number of carbonyl (C=O) groups excluding carboxylic acids is 3. The first-order chi connectivity index (χ1) is 14.6. The van der Waals surface area contributed by atoms with Gasteiger partial charge in [-0.1, -0.05) is 12.8 Å². The number of benzene rings is 1. The summed E-state index contributed by atoms with van der Waals surface area (Å²) in [6.07, 6.45) is 0.666. The third-order valence-corrected chi connectivity index (χ3v) is 6.15. The SMILES string of the molecule is CN(C(=O)O)[C@@H](CC1CC1)C(=O)N1C[C@@]2(C[C@H]1C(N)=O)Oc1ccc(F)cc1NC2=O. The number of primary amides is 1. The van der Waals surface area contributed by atoms with Gasteiger partial charge in [-0.25, -0.2) is 9.18 Å². The molecule has 2 aliphatic heterocycles. The van der Waals surface area contributed by atoms with E-state index in [0.29, 0.717) is 6.42 Å². The van der Waals surface area contributed by atoms with Crippen LogP contribution in [0.5, 0.6) is 5.75 Å². The van der Waals surface area contributed by atoms with Crippen molar-refractivity contribution in [3.8, 4) is 5.75 Å². The summed E-state index contributed by atoms with van der Waals surface area (Å²) in [5.74, 6) is -2.17. The standard InChI is InChI=1S/C20H23FN4O6/c1-24(19(29)30)13(6-10-2-3-10)17(27)25-9-20(8-14(25)16(22)26)18(28)23-12-7-11(21)4-5-15(12)31-20/h4-5,7,10,13-14H,2-3,6,8-9H2,1H3,(H2,22,26)(H,23,28)(H,29,30)/t13-,14-,20+/m0/s1. The van der Waals surface area contributed by atoms with E-state index in [1.54, 1.807) is 0 Å². The molecule has 4 N–H and O–H groups in total. The molecule has 0 unspecified atom stereocenters. The van der Waals surface area contributed by atoms with E-state index >= 15 is 0 Å². The molecule has 0 bridgehead atoms. The topological polar surface area (TPSA) is 142 Å². The summed E-state index contributed by atoms with van der Waals surface area (Å²) in [4.78, 5) is 52.0. The lowest BCUT2D eigenvalue weighted by atomic mass is 9.96. The van der Waals surface area contributed by atoms with Crippen LogP contribution in [0.2, 0.25) is 0 Å². The molecule has 1 saturated carbocycles. The molecule has 166 valence electrons. The van der Waals surface area contributed by atoms with Gasteiger partial charge in [-0.2, -0.15) is 0 Å². The predicted molar refractivity (Wildman–Crippen MR) is 105 cm³/mol. The number of carbonyl (C=O) groups is 4. The number of carboxylic acid groups (broad SMARTS) is 1. The molecule has 2 fully saturated rings. The zero-order valence-corrected chi connectivity index (χ0v) is 16.8. The van der Waals surface area contributed by atoms with Crippen LogP contribution >= 0.6 is 0 Å². The Labute approximate surface area is 177 Å². The summed E-state index contributed by atoms with van der Waals surface area (Å²) in [6, 6.07) is 1.47. The van der Waals surface area contributed by atoms with Crippen molar-refractivity contribution < 1.29 is 33.4 Å². The molecule has 1 saturated heterocycles. The molecule has 31 heavy (non-hydrogen) atoms. The van der Waals surface area contributed by atoms with Crippen molar-refractivity contribution in [3.63, 3.8) is 0 Å². The minimum atomic E-state index is -1.59. The van der Waals surface area contributed by atoms with Gasteiger partial charge in [0.1, 0.15) is 23.7 Å². The maximum Gasteiger partial charge on any atom is 0.407 e. The smallest absolute Gasteiger partial charge is 0.407 e. The monoisotopic (exact) mass is 434 g/mol. The highest BCUT2D eigenvalue weighted by Crippen LogP contribution is 2.41. The third kappa shape index (κ3) is 3.75. The first-order valence-corrected chi connectivity index (χ1v) is 9.97. The minimum absolute atomic E-state index is 0.147. The van der Waals surface area contributed by atoms with Crippen LogP contribution in [0.15, 0.2) is 18.2 Å². The largest absolute Gasteiger partial charge is 0.473 e. The van der Waals surface area contributed by atoms with Crippen LogP contribution in [0, 0.1) is 11.7 Å². The van der Waals surface area contributed by atoms with E-state index in [1.165, 1.54) is 19.2 Å². The van der Waals surface area contributed by atoms with Crippen molar-refractivity contribution in [2.45, 2.75) is 43.4 Å². The van der Waals surface area contributed by atoms with Crippen molar-refractivity contribution in [1.82, 2.24) is 9.80 Å². The molecule has 4 rings (SSSR count). The van der Waals surface area contributed by atoms with Gasteiger partial charge in [0.05, 0.1) is 12.2 Å². The molecular formula is C20H23FN4O6. The first-order valence-electron chi connectivity index (χ1n) is 9.97. The maximum absolute atomic E-state index is 13.5. The van der Waals surface area contributed by atoms with Crippen molar-refractivity contribution >= 4 is 29.5 Å². The lowest BCUT2D eigenvalue weighted by Gasteiger charge is -2.35. The third-order valence-electron chi connectivity index (χ3n) is 6.15. The fourth-order valence-electron chi connectivity index (χ4n) is 4.20. The van der Waals surface area contributed by atoms with Gasteiger partial charge in [-0.15, -0.1) is 0 Å². The van der Waals surface area contributed by atoms with Crippen LogP contribution in [0.3, 0.4) is 0 Å². The van der Waals surface area contributed by atoms with E-state index in [1.807, 2.05) is 0 Å². The molecule has 1 aromatic rings. The van der Waals surface area contributed by atoms with Crippen LogP contribution in [-0.4, -0.2) is 70.0 Å². The number of fused-ring (bicyclic) bond motifs is 1. The molecule has 1 aliphatic carbocycles. The molecule has 10 nitrogen and oxygen atoms in total. The first kappa shape index (κ1) is 20.9. The van der Waals surface area contributed by atoms with Gasteiger partial charge < -0.3 is 25.8 Å². The van der Waals surface area contributed by atoms with Crippen LogP contribution < -0.4 is 15.8 Å². The zero-order chi connectivity index (χ0) is 22.5. The molecule has 2 heterocycles. The highest BCUT2D eigenvalue weighted by atomic mass is 19.1. The Morgan fingerprint density at radius 1 is 1.42 bits per heavy atom. The number of ether oxygens (including phenoxy) is 1. The fraction of sp³-hybridized carbons (Fsp3) is 0.500. The summed E-state index contributed by atoms with van der Waals surface area (Å²) < 4.78 is 19.4. The number of rotatable bonds is 5. The van der Waals surface area contributed by atoms with E-state index in [0.717, 1.165) is 28.7 Å². The molecule has 1 aromatic carbocycles. The fourth-order valence-corrected chi connectivity index (χ4v) is 4.20. The van der Waals surface area contributed by atoms with Gasteiger partial charge in [0, 0.05) is 19.5 Å². The normalized spacial score (nSPS) is 25.4. The summed E-state index contributed by atoms with van der Waals surface area (Å²) in [5.41, 5.74) is 4.08. The number of halogens is 1. The van der Waals surface area contributed by atoms with Crippen molar-refractivity contribution in [3.05, 3.63) is 24.0 Å². The van der Waals surface area contributed by atoms with E-state index in [2.05, 4.69) is 5.32 Å². The second-order valence-electron chi connectivity index (χ2n) is 8.37. The number of likely N-dealkylation sites (tertiary alicyclic amines) is 1. The van der Waals surface area contributed by atoms with Crippen molar-refractivity contribution in [1.29, 1.82) is 0 Å². The summed E-state index contributed by atoms with van der Waals surface area (Å²) in [6.45, 7) is -0.281. The van der Waals surface area contributed by atoms with Crippen molar-refractivity contribution in [2.24, 2.45) is 11.7 Å². The number of hydrogen-bond donors (Lipinski definition) is 3. The number of hydrogen-bond acceptors (Lipinski definition) is 5. The minimum Gasteiger partial charge on any atom is -0.473 e. The Balaban J connectivity index is 1.64. The van der Waals surface area contributed by atoms with Gasteiger partial charge in [0.2, 0.25) is 17.4 Å². The van der Waals surface area contributed by atoms with Crippen LogP contribution in [0.25, 0.3) is 0 Å². The van der Waals surface area contributed by atoms with Crippen LogP contribution in [0.4, 0.5) is 14.9 Å². The Morgan fingerprint density at radius 3 is 2.74 bits per heavy atom. The number of nitrogens with two attached hydrogens (primary N) is 1. The molecule has 11 heteroatoms. The van der Waals surface area contributed by atoms with Gasteiger partial charge in [0.25, 0.3) is 5.91 Å². The number of likely N-dealkylation sites (N-methyl/N-ethyl adjacent to an activating group) is 1. The molecule has 0 radical (unpaired) electrons. The predicted octanol–water partition coefficient (Wildman–Crippen LogP) is 0.760. The van der Waals surface area contributed by atoms with Gasteiger partial charge in [0.15, 0.2) is 0 Å². The molecule has 3 atom stereocenters. The molecule has 3 aliphatic rings. The Morgan fingerprint density at radius 2 is 2.13 bits per heavy atom. The summed E-state index contributed by atoms with van der Waals surface area (Å²) >= 11 is 0. The summed E-state index contributed by atoms with van der Waals surface area (Å²) in [7, 11) is 1.30. The van der Waals surface area contributed by atoms with Crippen molar-refractivity contribution in [2.75, 3.05) is 18.9 Å². The van der Waals surface area contributed by atoms with E-state index < -0.39 is 47.3 Å². The lowest BCUT2D eigenvalue weighted by molar-refractivity contribution is -0.142. The van der Waals surface area contributed by atoms with Gasteiger partial charge in [-0.3, -0.25) is 19.3 Å². The van der Waals surface area contributed by atoms with Gasteiger partial charge in [-0.05, 0) is 24.5 Å². The Bertz CT molecular complexity index is 967.